The third-order valence-corrected chi connectivity index (χ3v) is 2.61. The van der Waals surface area contributed by atoms with Crippen LogP contribution in [0, 0.1) is 0 Å². The van der Waals surface area contributed by atoms with Crippen molar-refractivity contribution in [3.8, 4) is 0 Å². The number of hydrogen-bond acceptors (Lipinski definition) is 4. The Bertz CT molecular complexity index is 608. The Morgan fingerprint density at radius 2 is 2.24 bits per heavy atom. The van der Waals surface area contributed by atoms with E-state index in [4.69, 9.17) is 9.52 Å². The summed E-state index contributed by atoms with van der Waals surface area (Å²) in [6.45, 7) is 1.88. The molecule has 5 nitrogen and oxygen atoms in total. The zero-order valence-corrected chi connectivity index (χ0v) is 9.47. The standard InChI is InChI=1S/C12H13NO4/c1-8(15)9-3-4-10-11(7-9)17-12(16)13(10)5-2-6-14/h3-4,7,14H,2,5-6H2,1H3. The van der Waals surface area contributed by atoms with Gasteiger partial charge in [0, 0.05) is 18.7 Å². The molecule has 1 N–H and O–H groups in total. The van der Waals surface area contributed by atoms with Crippen LogP contribution in [0.15, 0.2) is 27.4 Å². The third-order valence-electron chi connectivity index (χ3n) is 2.61. The number of carbonyl (C=O) groups is 1. The molecule has 0 atom stereocenters. The number of fused-ring (bicyclic) bond motifs is 1. The Balaban J connectivity index is 2.52. The highest BCUT2D eigenvalue weighted by atomic mass is 16.4. The first-order valence-corrected chi connectivity index (χ1v) is 5.38. The Morgan fingerprint density at radius 3 is 2.88 bits per heavy atom. The monoisotopic (exact) mass is 235 g/mol. The molecule has 0 spiro atoms. The van der Waals surface area contributed by atoms with Crippen LogP contribution in [0.4, 0.5) is 0 Å². The molecule has 0 radical (unpaired) electrons. The number of oxazole rings is 1. The lowest BCUT2D eigenvalue weighted by Crippen LogP contribution is -2.14. The molecule has 90 valence electrons. The molecule has 17 heavy (non-hydrogen) atoms. The third kappa shape index (κ3) is 2.14. The van der Waals surface area contributed by atoms with Gasteiger partial charge < -0.3 is 9.52 Å². The number of nitrogens with zero attached hydrogens (tertiary/aromatic N) is 1. The van der Waals surface area contributed by atoms with Crippen LogP contribution in [-0.4, -0.2) is 22.1 Å². The molecule has 1 aromatic carbocycles. The van der Waals surface area contributed by atoms with E-state index in [1.807, 2.05) is 0 Å². The fourth-order valence-electron chi connectivity index (χ4n) is 1.73. The molecule has 0 aliphatic carbocycles. The van der Waals surface area contributed by atoms with E-state index in [1.165, 1.54) is 11.5 Å². The fraction of sp³-hybridized carbons (Fsp3) is 0.333. The number of aliphatic hydroxyl groups is 1. The molecule has 0 saturated carbocycles. The van der Waals surface area contributed by atoms with Gasteiger partial charge in [-0.2, -0.15) is 0 Å². The van der Waals surface area contributed by atoms with Gasteiger partial charge in [0.15, 0.2) is 11.4 Å². The Kier molecular flexibility index (Phi) is 3.10. The van der Waals surface area contributed by atoms with Crippen molar-refractivity contribution in [2.24, 2.45) is 0 Å². The van der Waals surface area contributed by atoms with Gasteiger partial charge in [0.05, 0.1) is 5.52 Å². The van der Waals surface area contributed by atoms with Crippen molar-refractivity contribution >= 4 is 16.9 Å². The second-order valence-electron chi connectivity index (χ2n) is 3.84. The lowest BCUT2D eigenvalue weighted by atomic mass is 10.1. The molecule has 5 heteroatoms. The predicted octanol–water partition coefficient (Wildman–Crippen LogP) is 1.18. The van der Waals surface area contributed by atoms with Crippen LogP contribution in [0.5, 0.6) is 0 Å². The van der Waals surface area contributed by atoms with Gasteiger partial charge in [0.1, 0.15) is 0 Å². The number of benzene rings is 1. The smallest absolute Gasteiger partial charge is 0.408 e. The first-order valence-electron chi connectivity index (χ1n) is 5.38. The summed E-state index contributed by atoms with van der Waals surface area (Å²) in [6, 6.07) is 4.91. The van der Waals surface area contributed by atoms with E-state index in [9.17, 15) is 9.59 Å². The van der Waals surface area contributed by atoms with Crippen molar-refractivity contribution in [2.45, 2.75) is 19.9 Å². The van der Waals surface area contributed by atoms with Crippen LogP contribution in [0.25, 0.3) is 11.1 Å². The van der Waals surface area contributed by atoms with Crippen molar-refractivity contribution in [1.82, 2.24) is 4.57 Å². The SMILES string of the molecule is CC(=O)c1ccc2c(c1)oc(=O)n2CCCO. The maximum absolute atomic E-state index is 11.6. The first kappa shape index (κ1) is 11.6. The number of aromatic nitrogens is 1. The average molecular weight is 235 g/mol. The lowest BCUT2D eigenvalue weighted by molar-refractivity contribution is 0.101. The highest BCUT2D eigenvalue weighted by Gasteiger charge is 2.10. The van der Waals surface area contributed by atoms with Crippen molar-refractivity contribution < 1.29 is 14.3 Å². The quantitative estimate of drug-likeness (QED) is 0.807. The van der Waals surface area contributed by atoms with E-state index in [0.29, 0.717) is 29.6 Å². The molecule has 2 rings (SSSR count). The highest BCUT2D eigenvalue weighted by molar-refractivity contribution is 5.96. The minimum absolute atomic E-state index is 0.0185. The summed E-state index contributed by atoms with van der Waals surface area (Å²) in [7, 11) is 0. The molecule has 0 fully saturated rings. The molecule has 0 aliphatic rings. The predicted molar refractivity (Wildman–Crippen MR) is 62.2 cm³/mol. The minimum Gasteiger partial charge on any atom is -0.408 e. The van der Waals surface area contributed by atoms with E-state index < -0.39 is 5.76 Å². The van der Waals surface area contributed by atoms with Crippen molar-refractivity contribution in [3.05, 3.63) is 34.3 Å². The van der Waals surface area contributed by atoms with Crippen LogP contribution in [0.1, 0.15) is 23.7 Å². The van der Waals surface area contributed by atoms with E-state index in [2.05, 4.69) is 0 Å². The van der Waals surface area contributed by atoms with Gasteiger partial charge in [-0.05, 0) is 31.5 Å². The highest BCUT2D eigenvalue weighted by Crippen LogP contribution is 2.15. The Labute approximate surface area is 97.3 Å². The minimum atomic E-state index is -0.464. The number of rotatable bonds is 4. The van der Waals surface area contributed by atoms with Gasteiger partial charge in [-0.25, -0.2) is 4.79 Å². The number of aliphatic hydroxyl groups excluding tert-OH is 1. The molecule has 1 heterocycles. The number of carbonyl (C=O) groups excluding carboxylic acids is 1. The summed E-state index contributed by atoms with van der Waals surface area (Å²) >= 11 is 0. The summed E-state index contributed by atoms with van der Waals surface area (Å²) in [5.41, 5.74) is 1.56. The van der Waals surface area contributed by atoms with E-state index in [1.54, 1.807) is 18.2 Å². The molecular weight excluding hydrogens is 222 g/mol. The van der Waals surface area contributed by atoms with Gasteiger partial charge in [-0.15, -0.1) is 0 Å². The second kappa shape index (κ2) is 4.55. The fourth-order valence-corrected chi connectivity index (χ4v) is 1.73. The normalized spacial score (nSPS) is 10.9. The van der Waals surface area contributed by atoms with Crippen LogP contribution >= 0.6 is 0 Å². The summed E-state index contributed by atoms with van der Waals surface area (Å²) in [5.74, 6) is -0.535. The van der Waals surface area contributed by atoms with Crippen molar-refractivity contribution in [1.29, 1.82) is 0 Å². The zero-order chi connectivity index (χ0) is 12.4. The van der Waals surface area contributed by atoms with Crippen LogP contribution in [0.3, 0.4) is 0 Å². The number of ketones is 1. The summed E-state index contributed by atoms with van der Waals surface area (Å²) in [4.78, 5) is 22.7. The molecule has 1 aromatic heterocycles. The summed E-state index contributed by atoms with van der Waals surface area (Å²) < 4.78 is 6.51. The summed E-state index contributed by atoms with van der Waals surface area (Å²) in [6.07, 6.45) is 0.489. The lowest BCUT2D eigenvalue weighted by Gasteiger charge is -2.00. The first-order chi connectivity index (χ1) is 8.13. The molecule has 0 saturated heterocycles. The van der Waals surface area contributed by atoms with E-state index in [-0.39, 0.29) is 12.4 Å². The van der Waals surface area contributed by atoms with Crippen LogP contribution in [0.2, 0.25) is 0 Å². The topological polar surface area (TPSA) is 72.4 Å². The Morgan fingerprint density at radius 1 is 1.47 bits per heavy atom. The van der Waals surface area contributed by atoms with E-state index in [0.717, 1.165) is 0 Å². The van der Waals surface area contributed by atoms with Gasteiger partial charge in [0.25, 0.3) is 0 Å². The molecule has 0 bridgehead atoms. The van der Waals surface area contributed by atoms with Crippen LogP contribution in [-0.2, 0) is 6.54 Å². The molecule has 0 unspecified atom stereocenters. The van der Waals surface area contributed by atoms with Gasteiger partial charge in [0.2, 0.25) is 0 Å². The number of hydrogen-bond donors (Lipinski definition) is 1. The maximum Gasteiger partial charge on any atom is 0.419 e. The molecular formula is C12H13NO4. The van der Waals surface area contributed by atoms with Crippen LogP contribution < -0.4 is 5.76 Å². The second-order valence-corrected chi connectivity index (χ2v) is 3.84. The average Bonchev–Trinajstić information content (AvgIpc) is 2.61. The van der Waals surface area contributed by atoms with E-state index >= 15 is 0 Å². The van der Waals surface area contributed by atoms with Gasteiger partial charge in [-0.1, -0.05) is 0 Å². The number of aryl methyl sites for hydroxylation is 1. The van der Waals surface area contributed by atoms with Gasteiger partial charge >= 0.3 is 5.76 Å². The Hall–Kier alpha value is -1.88. The largest absolute Gasteiger partial charge is 0.419 e. The maximum atomic E-state index is 11.6. The van der Waals surface area contributed by atoms with Gasteiger partial charge in [-0.3, -0.25) is 9.36 Å². The number of Topliss-reactive ketones (excluding diaryl/α,β-unsaturated/α-hetero) is 1. The van der Waals surface area contributed by atoms with Crippen molar-refractivity contribution in [2.75, 3.05) is 6.61 Å². The zero-order valence-electron chi connectivity index (χ0n) is 9.47. The molecule has 2 aromatic rings. The molecule has 0 aliphatic heterocycles. The molecule has 0 amide bonds. The van der Waals surface area contributed by atoms with Crippen molar-refractivity contribution in [3.63, 3.8) is 0 Å². The summed E-state index contributed by atoms with van der Waals surface area (Å²) in [5, 5.41) is 8.75.